The molecule has 1 aromatic heterocycles. The fraction of sp³-hybridized carbons (Fsp3) is 0.417. The number of nitrogens with zero attached hydrogens (tertiary/aromatic N) is 2. The average molecular weight is 272 g/mol. The van der Waals surface area contributed by atoms with Crippen molar-refractivity contribution in [3.63, 3.8) is 0 Å². The SMILES string of the molecule is C=CCN(C(C)(C)C)S(=O)(=O)c1ncccc1F. The third-order valence-electron chi connectivity index (χ3n) is 2.30. The highest BCUT2D eigenvalue weighted by molar-refractivity contribution is 7.89. The van der Waals surface area contributed by atoms with Crippen molar-refractivity contribution >= 4 is 10.0 Å². The van der Waals surface area contributed by atoms with Gasteiger partial charge < -0.3 is 0 Å². The molecule has 1 heterocycles. The van der Waals surface area contributed by atoms with Crippen LogP contribution in [0.1, 0.15) is 20.8 Å². The van der Waals surface area contributed by atoms with E-state index < -0.39 is 26.4 Å². The van der Waals surface area contributed by atoms with Gasteiger partial charge in [-0.1, -0.05) is 6.08 Å². The van der Waals surface area contributed by atoms with Gasteiger partial charge in [-0.25, -0.2) is 17.8 Å². The van der Waals surface area contributed by atoms with Gasteiger partial charge in [-0.3, -0.25) is 0 Å². The Kier molecular flexibility index (Phi) is 4.24. The summed E-state index contributed by atoms with van der Waals surface area (Å²) in [5.41, 5.74) is -0.684. The van der Waals surface area contributed by atoms with Crippen LogP contribution in [-0.2, 0) is 10.0 Å². The zero-order valence-electron chi connectivity index (χ0n) is 10.7. The van der Waals surface area contributed by atoms with Crippen LogP contribution in [0.3, 0.4) is 0 Å². The van der Waals surface area contributed by atoms with Gasteiger partial charge >= 0.3 is 0 Å². The Morgan fingerprint density at radius 3 is 2.56 bits per heavy atom. The van der Waals surface area contributed by atoms with Crippen LogP contribution >= 0.6 is 0 Å². The standard InChI is InChI=1S/C12H17FN2O2S/c1-5-9-15(12(2,3)4)18(16,17)11-10(13)7-6-8-14-11/h5-8H,1,9H2,2-4H3. The van der Waals surface area contributed by atoms with E-state index in [1.807, 2.05) is 0 Å². The summed E-state index contributed by atoms with van der Waals surface area (Å²) in [4.78, 5) is 3.63. The lowest BCUT2D eigenvalue weighted by molar-refractivity contribution is 0.268. The van der Waals surface area contributed by atoms with Gasteiger partial charge in [0.1, 0.15) is 0 Å². The molecule has 0 saturated heterocycles. The molecule has 0 atom stereocenters. The molecular formula is C12H17FN2O2S. The van der Waals surface area contributed by atoms with Crippen molar-refractivity contribution < 1.29 is 12.8 Å². The molecule has 0 fully saturated rings. The zero-order valence-corrected chi connectivity index (χ0v) is 11.5. The van der Waals surface area contributed by atoms with Crippen molar-refractivity contribution in [1.82, 2.24) is 9.29 Å². The molecule has 6 heteroatoms. The van der Waals surface area contributed by atoms with E-state index >= 15 is 0 Å². The number of aromatic nitrogens is 1. The predicted octanol–water partition coefficient (Wildman–Crippen LogP) is 2.20. The van der Waals surface area contributed by atoms with Crippen LogP contribution in [0.25, 0.3) is 0 Å². The van der Waals surface area contributed by atoms with Gasteiger partial charge in [0, 0.05) is 18.3 Å². The van der Waals surface area contributed by atoms with E-state index in [1.165, 1.54) is 22.6 Å². The molecule has 0 saturated carbocycles. The predicted molar refractivity (Wildman–Crippen MR) is 68.0 cm³/mol. The van der Waals surface area contributed by atoms with Crippen molar-refractivity contribution in [2.75, 3.05) is 6.54 Å². The molecule has 0 aliphatic rings. The first-order valence-corrected chi connectivity index (χ1v) is 6.89. The summed E-state index contributed by atoms with van der Waals surface area (Å²) in [6.45, 7) is 8.82. The molecule has 4 nitrogen and oxygen atoms in total. The number of pyridine rings is 1. The lowest BCUT2D eigenvalue weighted by Crippen LogP contribution is -2.46. The van der Waals surface area contributed by atoms with E-state index in [1.54, 1.807) is 20.8 Å². The minimum absolute atomic E-state index is 0.0991. The first-order valence-electron chi connectivity index (χ1n) is 5.45. The molecule has 0 amide bonds. The highest BCUT2D eigenvalue weighted by Gasteiger charge is 2.35. The van der Waals surface area contributed by atoms with Crippen molar-refractivity contribution in [3.05, 3.63) is 36.8 Å². The molecule has 0 N–H and O–H groups in total. The van der Waals surface area contributed by atoms with Crippen molar-refractivity contribution in [2.45, 2.75) is 31.3 Å². The van der Waals surface area contributed by atoms with Crippen LogP contribution in [0, 0.1) is 5.82 Å². The Balaban J connectivity index is 3.35. The molecule has 1 aromatic rings. The first kappa shape index (κ1) is 14.8. The summed E-state index contributed by atoms with van der Waals surface area (Å²) in [6.07, 6.45) is 2.72. The second kappa shape index (κ2) is 5.16. The molecule has 1 rings (SSSR count). The molecule has 18 heavy (non-hydrogen) atoms. The summed E-state index contributed by atoms with van der Waals surface area (Å²) in [5, 5.41) is -0.554. The summed E-state index contributed by atoms with van der Waals surface area (Å²) >= 11 is 0. The molecular weight excluding hydrogens is 255 g/mol. The van der Waals surface area contributed by atoms with E-state index in [0.717, 1.165) is 6.07 Å². The van der Waals surface area contributed by atoms with Gasteiger partial charge in [0.25, 0.3) is 10.0 Å². The van der Waals surface area contributed by atoms with Gasteiger partial charge in [-0.05, 0) is 32.9 Å². The fourth-order valence-electron chi connectivity index (χ4n) is 1.52. The maximum atomic E-state index is 13.6. The number of rotatable bonds is 4. The van der Waals surface area contributed by atoms with Crippen LogP contribution < -0.4 is 0 Å². The van der Waals surface area contributed by atoms with Gasteiger partial charge in [-0.2, -0.15) is 4.31 Å². The summed E-state index contributed by atoms with van der Waals surface area (Å²) < 4.78 is 39.5. The van der Waals surface area contributed by atoms with Crippen molar-refractivity contribution in [1.29, 1.82) is 0 Å². The summed E-state index contributed by atoms with van der Waals surface area (Å²) in [5.74, 6) is -0.851. The van der Waals surface area contributed by atoms with Crippen LogP contribution in [0.2, 0.25) is 0 Å². The summed E-state index contributed by atoms with van der Waals surface area (Å²) in [6, 6.07) is 2.43. The second-order valence-corrected chi connectivity index (χ2v) is 6.56. The lowest BCUT2D eigenvalue weighted by atomic mass is 10.1. The number of hydrogen-bond donors (Lipinski definition) is 0. The van der Waals surface area contributed by atoms with Crippen LogP contribution in [0.4, 0.5) is 4.39 Å². The van der Waals surface area contributed by atoms with Gasteiger partial charge in [-0.15, -0.1) is 6.58 Å². The van der Waals surface area contributed by atoms with Crippen molar-refractivity contribution in [2.24, 2.45) is 0 Å². The quantitative estimate of drug-likeness (QED) is 0.789. The highest BCUT2D eigenvalue weighted by Crippen LogP contribution is 2.24. The van der Waals surface area contributed by atoms with Gasteiger partial charge in [0.2, 0.25) is 5.03 Å². The van der Waals surface area contributed by atoms with Gasteiger partial charge in [0.15, 0.2) is 5.82 Å². The Morgan fingerprint density at radius 2 is 2.11 bits per heavy atom. The number of hydrogen-bond acceptors (Lipinski definition) is 3. The van der Waals surface area contributed by atoms with Gasteiger partial charge in [0.05, 0.1) is 0 Å². The van der Waals surface area contributed by atoms with E-state index in [9.17, 15) is 12.8 Å². The van der Waals surface area contributed by atoms with E-state index in [0.29, 0.717) is 0 Å². The van der Waals surface area contributed by atoms with Crippen LogP contribution in [0.15, 0.2) is 36.0 Å². The molecule has 100 valence electrons. The zero-order chi connectivity index (χ0) is 14.0. The smallest absolute Gasteiger partial charge is 0.241 e. The highest BCUT2D eigenvalue weighted by atomic mass is 32.2. The normalized spacial score (nSPS) is 12.7. The largest absolute Gasteiger partial charge is 0.264 e. The monoisotopic (exact) mass is 272 g/mol. The average Bonchev–Trinajstić information content (AvgIpc) is 2.24. The maximum absolute atomic E-state index is 13.6. The maximum Gasteiger partial charge on any atom is 0.264 e. The third-order valence-corrected chi connectivity index (χ3v) is 4.37. The minimum atomic E-state index is -3.98. The molecule has 0 bridgehead atoms. The van der Waals surface area contributed by atoms with Crippen LogP contribution in [-0.4, -0.2) is 29.8 Å². The molecule has 0 aliphatic heterocycles. The molecule has 0 aromatic carbocycles. The van der Waals surface area contributed by atoms with E-state index in [2.05, 4.69) is 11.6 Å². The Morgan fingerprint density at radius 1 is 1.50 bits per heavy atom. The first-order chi connectivity index (χ1) is 8.21. The fourth-order valence-corrected chi connectivity index (χ4v) is 3.26. The number of sulfonamides is 1. The molecule has 0 unspecified atom stereocenters. The van der Waals surface area contributed by atoms with Crippen LogP contribution in [0.5, 0.6) is 0 Å². The molecule has 0 radical (unpaired) electrons. The second-order valence-electron chi connectivity index (χ2n) is 4.79. The minimum Gasteiger partial charge on any atom is -0.241 e. The Hall–Kier alpha value is -1.27. The Bertz CT molecular complexity index is 535. The summed E-state index contributed by atoms with van der Waals surface area (Å²) in [7, 11) is -3.98. The Labute approximate surface area is 107 Å². The topological polar surface area (TPSA) is 50.3 Å². The van der Waals surface area contributed by atoms with E-state index in [-0.39, 0.29) is 6.54 Å². The van der Waals surface area contributed by atoms with E-state index in [4.69, 9.17) is 0 Å². The molecule has 0 aliphatic carbocycles. The molecule has 0 spiro atoms. The number of halogens is 1. The van der Waals surface area contributed by atoms with Crippen molar-refractivity contribution in [3.8, 4) is 0 Å². The third kappa shape index (κ3) is 2.94. The lowest BCUT2D eigenvalue weighted by Gasteiger charge is -2.33.